The van der Waals surface area contributed by atoms with Gasteiger partial charge in [-0.25, -0.2) is 5.43 Å². The van der Waals surface area contributed by atoms with Crippen LogP contribution in [0.1, 0.15) is 25.3 Å². The van der Waals surface area contributed by atoms with Gasteiger partial charge in [0.15, 0.2) is 0 Å². The Hall–Kier alpha value is -2.86. The monoisotopic (exact) mass is 387 g/mol. The van der Waals surface area contributed by atoms with E-state index >= 15 is 0 Å². The summed E-state index contributed by atoms with van der Waals surface area (Å²) in [6, 6.07) is 14.7. The number of ether oxygens (including phenoxy) is 1. The zero-order valence-electron chi connectivity index (χ0n) is 15.3. The van der Waals surface area contributed by atoms with Crippen molar-refractivity contribution in [2.24, 2.45) is 5.10 Å². The number of carbonyl (C=O) groups excluding carboxylic acids is 2. The van der Waals surface area contributed by atoms with Crippen LogP contribution in [-0.2, 0) is 16.0 Å². The number of nitrogens with zero attached hydrogens (tertiary/aromatic N) is 1. The number of hydrazone groups is 1. The van der Waals surface area contributed by atoms with E-state index in [1.807, 2.05) is 30.3 Å². The molecule has 2 aromatic carbocycles. The van der Waals surface area contributed by atoms with Gasteiger partial charge in [-0.15, -0.1) is 0 Å². The van der Waals surface area contributed by atoms with Crippen molar-refractivity contribution in [3.63, 3.8) is 0 Å². The number of methoxy groups -OCH3 is 1. The summed E-state index contributed by atoms with van der Waals surface area (Å²) in [5, 5.41) is 7.19. The third kappa shape index (κ3) is 7.11. The molecule has 2 rings (SSSR count). The first-order chi connectivity index (χ1) is 13.0. The molecule has 0 unspecified atom stereocenters. The fourth-order valence-corrected chi connectivity index (χ4v) is 2.53. The summed E-state index contributed by atoms with van der Waals surface area (Å²) >= 11 is 5.94. The Bertz CT molecular complexity index is 822. The molecule has 0 aliphatic rings. The van der Waals surface area contributed by atoms with Crippen molar-refractivity contribution in [1.82, 2.24) is 5.43 Å². The van der Waals surface area contributed by atoms with Crippen LogP contribution in [0.3, 0.4) is 0 Å². The molecule has 0 heterocycles. The number of rotatable bonds is 8. The summed E-state index contributed by atoms with van der Waals surface area (Å²) in [5.41, 5.74) is 4.53. The smallest absolute Gasteiger partial charge is 0.240 e. The van der Waals surface area contributed by atoms with E-state index in [0.29, 0.717) is 35.0 Å². The number of benzene rings is 2. The van der Waals surface area contributed by atoms with Gasteiger partial charge >= 0.3 is 0 Å². The topological polar surface area (TPSA) is 79.8 Å². The Labute approximate surface area is 163 Å². The third-order valence-electron chi connectivity index (χ3n) is 3.71. The van der Waals surface area contributed by atoms with Crippen molar-refractivity contribution in [2.75, 3.05) is 12.4 Å². The van der Waals surface area contributed by atoms with Crippen LogP contribution in [-0.4, -0.2) is 24.6 Å². The van der Waals surface area contributed by atoms with Crippen molar-refractivity contribution < 1.29 is 14.3 Å². The second-order valence-corrected chi connectivity index (χ2v) is 6.37. The van der Waals surface area contributed by atoms with Crippen LogP contribution >= 0.6 is 11.6 Å². The van der Waals surface area contributed by atoms with E-state index in [9.17, 15) is 9.59 Å². The van der Waals surface area contributed by atoms with Crippen molar-refractivity contribution >= 4 is 34.8 Å². The highest BCUT2D eigenvalue weighted by Gasteiger charge is 2.10. The van der Waals surface area contributed by atoms with Gasteiger partial charge in [0.05, 0.1) is 19.2 Å². The summed E-state index contributed by atoms with van der Waals surface area (Å²) in [6.45, 7) is 1.67. The van der Waals surface area contributed by atoms with E-state index in [2.05, 4.69) is 15.8 Å². The van der Waals surface area contributed by atoms with Gasteiger partial charge < -0.3 is 10.1 Å². The SMILES string of the molecule is COc1ccc(Cl)cc1NC(=O)C/C(C)=N/NC(=O)CCc1ccccc1. The third-order valence-corrected chi connectivity index (χ3v) is 3.94. The van der Waals surface area contributed by atoms with Crippen LogP contribution in [0, 0.1) is 0 Å². The van der Waals surface area contributed by atoms with Gasteiger partial charge in [0.25, 0.3) is 0 Å². The van der Waals surface area contributed by atoms with E-state index < -0.39 is 0 Å². The quantitative estimate of drug-likeness (QED) is 0.534. The maximum Gasteiger partial charge on any atom is 0.240 e. The van der Waals surface area contributed by atoms with Gasteiger partial charge in [-0.3, -0.25) is 9.59 Å². The molecule has 0 fully saturated rings. The van der Waals surface area contributed by atoms with Gasteiger partial charge in [-0.2, -0.15) is 5.10 Å². The van der Waals surface area contributed by atoms with Crippen molar-refractivity contribution in [2.45, 2.75) is 26.2 Å². The van der Waals surface area contributed by atoms with Crippen LogP contribution in [0.25, 0.3) is 0 Å². The van der Waals surface area contributed by atoms with E-state index in [-0.39, 0.29) is 18.2 Å². The number of hydrogen-bond acceptors (Lipinski definition) is 4. The molecular weight excluding hydrogens is 366 g/mol. The number of nitrogens with one attached hydrogen (secondary N) is 2. The molecule has 6 nitrogen and oxygen atoms in total. The maximum absolute atomic E-state index is 12.2. The zero-order valence-corrected chi connectivity index (χ0v) is 16.0. The number of anilines is 1. The second-order valence-electron chi connectivity index (χ2n) is 5.94. The highest BCUT2D eigenvalue weighted by atomic mass is 35.5. The first-order valence-corrected chi connectivity index (χ1v) is 8.85. The molecule has 0 aromatic heterocycles. The zero-order chi connectivity index (χ0) is 19.6. The molecule has 2 N–H and O–H groups in total. The summed E-state index contributed by atoms with van der Waals surface area (Å²) in [5.74, 6) is 0.0297. The minimum absolute atomic E-state index is 0.0363. The van der Waals surface area contributed by atoms with Crippen molar-refractivity contribution in [1.29, 1.82) is 0 Å². The Morgan fingerprint density at radius 3 is 2.56 bits per heavy atom. The first-order valence-electron chi connectivity index (χ1n) is 8.47. The molecule has 0 spiro atoms. The molecule has 0 atom stereocenters. The first kappa shape index (κ1) is 20.5. The average molecular weight is 388 g/mol. The molecule has 27 heavy (non-hydrogen) atoms. The Balaban J connectivity index is 1.81. The predicted molar refractivity (Wildman–Crippen MR) is 107 cm³/mol. The largest absolute Gasteiger partial charge is 0.495 e. The molecule has 2 amide bonds. The predicted octanol–water partition coefficient (Wildman–Crippen LogP) is 3.80. The Morgan fingerprint density at radius 1 is 1.11 bits per heavy atom. The number of hydrogen-bond donors (Lipinski definition) is 2. The van der Waals surface area contributed by atoms with Gasteiger partial charge in [0.2, 0.25) is 11.8 Å². The Morgan fingerprint density at radius 2 is 1.85 bits per heavy atom. The summed E-state index contributed by atoms with van der Waals surface area (Å²) < 4.78 is 5.19. The van der Waals surface area contributed by atoms with Gasteiger partial charge in [-0.1, -0.05) is 41.9 Å². The average Bonchev–Trinajstić information content (AvgIpc) is 2.65. The number of halogens is 1. The highest BCUT2D eigenvalue weighted by molar-refractivity contribution is 6.31. The molecule has 7 heteroatoms. The van der Waals surface area contributed by atoms with E-state index in [1.165, 1.54) is 7.11 Å². The van der Waals surface area contributed by atoms with Crippen LogP contribution in [0.5, 0.6) is 5.75 Å². The number of amides is 2. The molecule has 0 bridgehead atoms. The standard InChI is InChI=1S/C20H22ClN3O3/c1-14(23-24-19(25)11-8-15-6-4-3-5-7-15)12-20(26)22-17-13-16(21)9-10-18(17)27-2/h3-7,9-10,13H,8,11-12H2,1-2H3,(H,22,26)(H,24,25)/b23-14+. The summed E-state index contributed by atoms with van der Waals surface area (Å²) in [6.07, 6.45) is 0.998. The second kappa shape index (κ2) is 10.3. The van der Waals surface area contributed by atoms with Gasteiger partial charge in [0.1, 0.15) is 5.75 Å². The van der Waals surface area contributed by atoms with E-state index in [0.717, 1.165) is 5.56 Å². The summed E-state index contributed by atoms with van der Waals surface area (Å²) in [4.78, 5) is 24.0. The molecule has 142 valence electrons. The summed E-state index contributed by atoms with van der Waals surface area (Å²) in [7, 11) is 1.51. The van der Waals surface area contributed by atoms with Crippen molar-refractivity contribution in [3.8, 4) is 5.75 Å². The minimum Gasteiger partial charge on any atom is -0.495 e. The highest BCUT2D eigenvalue weighted by Crippen LogP contribution is 2.27. The van der Waals surface area contributed by atoms with E-state index in [4.69, 9.17) is 16.3 Å². The lowest BCUT2D eigenvalue weighted by Gasteiger charge is -2.10. The molecular formula is C20H22ClN3O3. The molecule has 2 aromatic rings. The van der Waals surface area contributed by atoms with Gasteiger partial charge in [0, 0.05) is 17.2 Å². The Kier molecular flexibility index (Phi) is 7.82. The fraction of sp³-hybridized carbons (Fsp3) is 0.250. The van der Waals surface area contributed by atoms with Gasteiger partial charge in [-0.05, 0) is 37.1 Å². The lowest BCUT2D eigenvalue weighted by molar-refractivity contribution is -0.121. The lowest BCUT2D eigenvalue weighted by Crippen LogP contribution is -2.21. The molecule has 0 saturated carbocycles. The van der Waals surface area contributed by atoms with Crippen molar-refractivity contribution in [3.05, 3.63) is 59.1 Å². The van der Waals surface area contributed by atoms with E-state index in [1.54, 1.807) is 25.1 Å². The molecule has 0 aliphatic carbocycles. The van der Waals surface area contributed by atoms with Crippen LogP contribution in [0.2, 0.25) is 5.02 Å². The number of carbonyl (C=O) groups is 2. The molecule has 0 aliphatic heterocycles. The number of aryl methyl sites for hydroxylation is 1. The maximum atomic E-state index is 12.2. The lowest BCUT2D eigenvalue weighted by atomic mass is 10.1. The van der Waals surface area contributed by atoms with Crippen LogP contribution in [0.15, 0.2) is 53.6 Å². The normalized spacial score (nSPS) is 11.0. The molecule has 0 saturated heterocycles. The van der Waals surface area contributed by atoms with Crippen LogP contribution in [0.4, 0.5) is 5.69 Å². The molecule has 0 radical (unpaired) electrons. The van der Waals surface area contributed by atoms with Crippen LogP contribution < -0.4 is 15.5 Å². The fourth-order valence-electron chi connectivity index (χ4n) is 2.36. The minimum atomic E-state index is -0.282.